The maximum Gasteiger partial charge on any atom is 0.317 e. The smallest absolute Gasteiger partial charge is 0.317 e. The summed E-state index contributed by atoms with van der Waals surface area (Å²) in [5, 5.41) is 11.8. The Kier molecular flexibility index (Phi) is 6.01. The SMILES string of the molecule is CC(CN(C)C(=O)NC(C)c1cccc(N2CCCC2=O)c1)C(=O)O. The molecule has 2 unspecified atom stereocenters. The van der Waals surface area contributed by atoms with Crippen LogP contribution in [0.25, 0.3) is 0 Å². The number of carbonyl (C=O) groups is 3. The molecule has 0 aromatic heterocycles. The van der Waals surface area contributed by atoms with E-state index >= 15 is 0 Å². The first-order valence-electron chi connectivity index (χ1n) is 8.44. The van der Waals surface area contributed by atoms with Crippen LogP contribution in [-0.4, -0.2) is 48.1 Å². The van der Waals surface area contributed by atoms with Gasteiger partial charge in [-0.05, 0) is 31.0 Å². The van der Waals surface area contributed by atoms with Crippen molar-refractivity contribution in [3.63, 3.8) is 0 Å². The van der Waals surface area contributed by atoms with Gasteiger partial charge in [0.1, 0.15) is 0 Å². The summed E-state index contributed by atoms with van der Waals surface area (Å²) in [7, 11) is 1.57. The fraction of sp³-hybridized carbons (Fsp3) is 0.500. The number of benzene rings is 1. The second-order valence-electron chi connectivity index (χ2n) is 6.53. The van der Waals surface area contributed by atoms with E-state index in [-0.39, 0.29) is 24.5 Å². The summed E-state index contributed by atoms with van der Waals surface area (Å²) in [4.78, 5) is 38.1. The molecule has 25 heavy (non-hydrogen) atoms. The van der Waals surface area contributed by atoms with Gasteiger partial charge in [0, 0.05) is 32.2 Å². The molecule has 1 aromatic carbocycles. The molecule has 1 aliphatic rings. The highest BCUT2D eigenvalue weighted by Gasteiger charge is 2.23. The zero-order valence-corrected chi connectivity index (χ0v) is 14.9. The Morgan fingerprint density at radius 1 is 1.36 bits per heavy atom. The van der Waals surface area contributed by atoms with Gasteiger partial charge < -0.3 is 20.2 Å². The fourth-order valence-corrected chi connectivity index (χ4v) is 2.83. The van der Waals surface area contributed by atoms with Crippen LogP contribution in [0.2, 0.25) is 0 Å². The first-order valence-corrected chi connectivity index (χ1v) is 8.44. The molecule has 7 nitrogen and oxygen atoms in total. The topological polar surface area (TPSA) is 90.0 Å². The number of rotatable bonds is 6. The van der Waals surface area contributed by atoms with Crippen molar-refractivity contribution in [2.24, 2.45) is 5.92 Å². The first kappa shape index (κ1) is 18.8. The molecule has 2 N–H and O–H groups in total. The lowest BCUT2D eigenvalue weighted by Crippen LogP contribution is -2.41. The van der Waals surface area contributed by atoms with Crippen molar-refractivity contribution in [2.45, 2.75) is 32.7 Å². The van der Waals surface area contributed by atoms with E-state index in [1.165, 1.54) is 4.90 Å². The van der Waals surface area contributed by atoms with Gasteiger partial charge >= 0.3 is 12.0 Å². The van der Waals surface area contributed by atoms with E-state index < -0.39 is 11.9 Å². The van der Waals surface area contributed by atoms with E-state index in [2.05, 4.69) is 5.32 Å². The number of carbonyl (C=O) groups excluding carboxylic acids is 2. The Hall–Kier alpha value is -2.57. The minimum Gasteiger partial charge on any atom is -0.481 e. The van der Waals surface area contributed by atoms with Gasteiger partial charge in [-0.1, -0.05) is 19.1 Å². The van der Waals surface area contributed by atoms with Gasteiger partial charge in [-0.25, -0.2) is 4.79 Å². The normalized spacial score (nSPS) is 16.4. The van der Waals surface area contributed by atoms with E-state index in [0.29, 0.717) is 6.42 Å². The standard InChI is InChI=1S/C18H25N3O4/c1-12(17(23)24)11-20(3)18(25)19-13(2)14-6-4-7-15(10-14)21-9-5-8-16(21)22/h4,6-7,10,12-13H,5,8-9,11H2,1-3H3,(H,19,25)(H,23,24). The third-order valence-electron chi connectivity index (χ3n) is 4.41. The largest absolute Gasteiger partial charge is 0.481 e. The molecule has 136 valence electrons. The van der Waals surface area contributed by atoms with E-state index in [4.69, 9.17) is 5.11 Å². The molecule has 0 saturated carbocycles. The van der Waals surface area contributed by atoms with Crippen molar-refractivity contribution in [3.8, 4) is 0 Å². The molecule has 7 heteroatoms. The van der Waals surface area contributed by atoms with Crippen molar-refractivity contribution in [3.05, 3.63) is 29.8 Å². The lowest BCUT2D eigenvalue weighted by Gasteiger charge is -2.24. The number of anilines is 1. The summed E-state index contributed by atoms with van der Waals surface area (Å²) in [6, 6.07) is 6.98. The summed E-state index contributed by atoms with van der Waals surface area (Å²) in [6.07, 6.45) is 1.44. The van der Waals surface area contributed by atoms with Gasteiger partial charge in [0.25, 0.3) is 0 Å². The molecule has 3 amide bonds. The van der Waals surface area contributed by atoms with E-state index in [0.717, 1.165) is 24.2 Å². The van der Waals surface area contributed by atoms with Gasteiger partial charge in [0.05, 0.1) is 12.0 Å². The molecule has 0 aliphatic carbocycles. The quantitative estimate of drug-likeness (QED) is 0.826. The number of urea groups is 1. The lowest BCUT2D eigenvalue weighted by atomic mass is 10.1. The van der Waals surface area contributed by atoms with E-state index in [9.17, 15) is 14.4 Å². The maximum absolute atomic E-state index is 12.2. The predicted octanol–water partition coefficient (Wildman–Crippen LogP) is 2.24. The van der Waals surface area contributed by atoms with Gasteiger partial charge in [0.2, 0.25) is 5.91 Å². The Morgan fingerprint density at radius 2 is 2.08 bits per heavy atom. The number of carboxylic acid groups (broad SMARTS) is 1. The van der Waals surface area contributed by atoms with Crippen LogP contribution in [0.1, 0.15) is 38.3 Å². The number of hydrogen-bond acceptors (Lipinski definition) is 3. The third-order valence-corrected chi connectivity index (χ3v) is 4.41. The van der Waals surface area contributed by atoms with Crippen LogP contribution in [0, 0.1) is 5.92 Å². The molecule has 1 fully saturated rings. The van der Waals surface area contributed by atoms with Crippen LogP contribution < -0.4 is 10.2 Å². The minimum atomic E-state index is -0.935. The second kappa shape index (κ2) is 8.00. The molecule has 2 atom stereocenters. The number of amides is 3. The Labute approximate surface area is 147 Å². The van der Waals surface area contributed by atoms with E-state index in [1.807, 2.05) is 31.2 Å². The average Bonchev–Trinajstić information content (AvgIpc) is 3.00. The molecule has 1 saturated heterocycles. The summed E-state index contributed by atoms with van der Waals surface area (Å²) in [5.74, 6) is -1.44. The highest BCUT2D eigenvalue weighted by atomic mass is 16.4. The van der Waals surface area contributed by atoms with Crippen molar-refractivity contribution >= 4 is 23.6 Å². The monoisotopic (exact) mass is 347 g/mol. The number of carboxylic acids is 1. The molecule has 0 spiro atoms. The molecule has 0 radical (unpaired) electrons. The second-order valence-corrected chi connectivity index (χ2v) is 6.53. The van der Waals surface area contributed by atoms with Crippen LogP contribution in [0.3, 0.4) is 0 Å². The molecule has 1 aliphatic heterocycles. The molecular weight excluding hydrogens is 322 g/mol. The van der Waals surface area contributed by atoms with Gasteiger partial charge in [0.15, 0.2) is 0 Å². The minimum absolute atomic E-state index is 0.122. The van der Waals surface area contributed by atoms with Crippen LogP contribution >= 0.6 is 0 Å². The number of nitrogens with zero attached hydrogens (tertiary/aromatic N) is 2. The Morgan fingerprint density at radius 3 is 2.68 bits per heavy atom. The fourth-order valence-electron chi connectivity index (χ4n) is 2.83. The zero-order valence-electron chi connectivity index (χ0n) is 14.9. The van der Waals surface area contributed by atoms with Crippen molar-refractivity contribution < 1.29 is 19.5 Å². The molecule has 1 heterocycles. The predicted molar refractivity (Wildman–Crippen MR) is 94.4 cm³/mol. The van der Waals surface area contributed by atoms with Crippen LogP contribution in [-0.2, 0) is 9.59 Å². The van der Waals surface area contributed by atoms with Crippen molar-refractivity contribution in [1.82, 2.24) is 10.2 Å². The summed E-state index contributed by atoms with van der Waals surface area (Å²) >= 11 is 0. The van der Waals surface area contributed by atoms with Crippen LogP contribution in [0.15, 0.2) is 24.3 Å². The number of nitrogens with one attached hydrogen (secondary N) is 1. The first-order chi connectivity index (χ1) is 11.8. The van der Waals surface area contributed by atoms with Gasteiger partial charge in [-0.3, -0.25) is 9.59 Å². The lowest BCUT2D eigenvalue weighted by molar-refractivity contribution is -0.141. The number of aliphatic carboxylic acids is 1. The van der Waals surface area contributed by atoms with Crippen LogP contribution in [0.5, 0.6) is 0 Å². The third kappa shape index (κ3) is 4.71. The summed E-state index contributed by atoms with van der Waals surface area (Å²) in [5.41, 5.74) is 1.74. The molecular formula is C18H25N3O4. The van der Waals surface area contributed by atoms with Crippen molar-refractivity contribution in [2.75, 3.05) is 25.0 Å². The zero-order chi connectivity index (χ0) is 18.6. The maximum atomic E-state index is 12.2. The highest BCUT2D eigenvalue weighted by molar-refractivity contribution is 5.95. The summed E-state index contributed by atoms with van der Waals surface area (Å²) in [6.45, 7) is 4.28. The molecule has 2 rings (SSSR count). The van der Waals surface area contributed by atoms with E-state index in [1.54, 1.807) is 18.9 Å². The average molecular weight is 347 g/mol. The molecule has 0 bridgehead atoms. The Balaban J connectivity index is 2.00. The highest BCUT2D eigenvalue weighted by Crippen LogP contribution is 2.24. The van der Waals surface area contributed by atoms with Gasteiger partial charge in [-0.15, -0.1) is 0 Å². The summed E-state index contributed by atoms with van der Waals surface area (Å²) < 4.78 is 0. The van der Waals surface area contributed by atoms with Gasteiger partial charge in [-0.2, -0.15) is 0 Å². The van der Waals surface area contributed by atoms with Crippen LogP contribution in [0.4, 0.5) is 10.5 Å². The van der Waals surface area contributed by atoms with Crippen molar-refractivity contribution in [1.29, 1.82) is 0 Å². The Bertz CT molecular complexity index is 661. The molecule has 1 aromatic rings. The number of hydrogen-bond donors (Lipinski definition) is 2.